The van der Waals surface area contributed by atoms with Crippen LogP contribution in [0.3, 0.4) is 0 Å². The van der Waals surface area contributed by atoms with Crippen molar-refractivity contribution in [2.24, 2.45) is 0 Å². The maximum Gasteiger partial charge on any atom is 0.186 e. The van der Waals surface area contributed by atoms with E-state index in [4.69, 9.17) is 37.9 Å². The van der Waals surface area contributed by atoms with Crippen LogP contribution in [-0.4, -0.2) is 62.9 Å². The summed E-state index contributed by atoms with van der Waals surface area (Å²) in [7, 11) is 1.63. The van der Waals surface area contributed by atoms with Gasteiger partial charge in [0, 0.05) is 13.5 Å². The van der Waals surface area contributed by atoms with Crippen molar-refractivity contribution in [3.63, 3.8) is 0 Å². The van der Waals surface area contributed by atoms with Gasteiger partial charge in [0.15, 0.2) is 12.6 Å². The quantitative estimate of drug-likeness (QED) is 0.124. The Bertz CT molecular complexity index is 1470. The first kappa shape index (κ1) is 35.4. The molecule has 0 bridgehead atoms. The minimum absolute atomic E-state index is 0.0101. The van der Waals surface area contributed by atoms with Crippen molar-refractivity contribution >= 4 is 0 Å². The molecule has 4 aromatic carbocycles. The monoisotopic (exact) mass is 668 g/mol. The topological polar surface area (TPSA) is 73.8 Å². The van der Waals surface area contributed by atoms with Crippen LogP contribution in [0.25, 0.3) is 0 Å². The van der Waals surface area contributed by atoms with Gasteiger partial charge in [-0.15, -0.1) is 0 Å². The van der Waals surface area contributed by atoms with Crippen LogP contribution in [0.15, 0.2) is 121 Å². The van der Waals surface area contributed by atoms with Crippen LogP contribution in [0.4, 0.5) is 0 Å². The van der Waals surface area contributed by atoms with Crippen LogP contribution in [0.2, 0.25) is 0 Å². The van der Waals surface area contributed by atoms with Gasteiger partial charge in [-0.25, -0.2) is 0 Å². The number of hydrogen-bond donors (Lipinski definition) is 0. The van der Waals surface area contributed by atoms with E-state index in [1.165, 1.54) is 0 Å². The van der Waals surface area contributed by atoms with Gasteiger partial charge in [-0.1, -0.05) is 121 Å². The Hall–Kier alpha value is -3.44. The second-order valence-corrected chi connectivity index (χ2v) is 12.6. The second kappa shape index (κ2) is 18.5. The summed E-state index contributed by atoms with van der Waals surface area (Å²) in [6, 6.07) is 40.5. The third kappa shape index (κ3) is 10.3. The zero-order valence-electron chi connectivity index (χ0n) is 28.4. The summed E-state index contributed by atoms with van der Waals surface area (Å²) in [5, 5.41) is 0. The molecular weight excluding hydrogens is 620 g/mol. The molecule has 0 radical (unpaired) electrons. The average Bonchev–Trinajstić information content (AvgIpc) is 3.16. The molecule has 2 heterocycles. The largest absolute Gasteiger partial charge is 0.371 e. The second-order valence-electron chi connectivity index (χ2n) is 12.6. The molecule has 0 amide bonds. The summed E-state index contributed by atoms with van der Waals surface area (Å²) >= 11 is 0. The molecule has 2 fully saturated rings. The molecule has 0 spiro atoms. The van der Waals surface area contributed by atoms with E-state index in [9.17, 15) is 0 Å². The number of methoxy groups -OCH3 is 1. The van der Waals surface area contributed by atoms with Crippen LogP contribution in [0.1, 0.15) is 42.0 Å². The molecule has 8 atom stereocenters. The zero-order chi connectivity index (χ0) is 33.7. The van der Waals surface area contributed by atoms with Crippen LogP contribution >= 0.6 is 0 Å². The summed E-state index contributed by atoms with van der Waals surface area (Å²) in [4.78, 5) is 0. The normalized spacial score (nSPS) is 27.1. The average molecular weight is 669 g/mol. The minimum Gasteiger partial charge on any atom is -0.371 e. The Morgan fingerprint density at radius 1 is 0.510 bits per heavy atom. The third-order valence-electron chi connectivity index (χ3n) is 9.01. The molecule has 4 aromatic rings. The van der Waals surface area contributed by atoms with Crippen LogP contribution in [0.5, 0.6) is 0 Å². The van der Waals surface area contributed by atoms with Gasteiger partial charge in [0.1, 0.15) is 24.4 Å². The molecular formula is C41H48O8. The summed E-state index contributed by atoms with van der Waals surface area (Å²) in [6.45, 7) is 3.93. The Morgan fingerprint density at radius 3 is 1.43 bits per heavy atom. The molecule has 8 heteroatoms. The highest BCUT2D eigenvalue weighted by Gasteiger charge is 2.49. The summed E-state index contributed by atoms with van der Waals surface area (Å²) in [6.07, 6.45) is -1.85. The van der Waals surface area contributed by atoms with Gasteiger partial charge < -0.3 is 37.9 Å². The fraction of sp³-hybridized carbons (Fsp3) is 0.415. The fourth-order valence-electron chi connectivity index (χ4n) is 6.32. The Kier molecular flexibility index (Phi) is 13.4. The maximum atomic E-state index is 6.71. The van der Waals surface area contributed by atoms with Crippen LogP contribution in [-0.2, 0) is 64.3 Å². The molecule has 2 saturated heterocycles. The molecule has 260 valence electrons. The van der Waals surface area contributed by atoms with Crippen molar-refractivity contribution in [2.45, 2.75) is 95.4 Å². The molecule has 0 saturated carbocycles. The number of ether oxygens (including phenoxy) is 8. The molecule has 1 unspecified atom stereocenters. The van der Waals surface area contributed by atoms with Gasteiger partial charge in [0.2, 0.25) is 0 Å². The van der Waals surface area contributed by atoms with Gasteiger partial charge in [-0.2, -0.15) is 0 Å². The highest BCUT2D eigenvalue weighted by Crippen LogP contribution is 2.32. The molecule has 0 aliphatic carbocycles. The molecule has 49 heavy (non-hydrogen) atoms. The van der Waals surface area contributed by atoms with Crippen molar-refractivity contribution in [2.75, 3.05) is 13.7 Å². The Balaban J connectivity index is 1.16. The highest BCUT2D eigenvalue weighted by molar-refractivity contribution is 5.16. The zero-order valence-corrected chi connectivity index (χ0v) is 28.4. The summed E-state index contributed by atoms with van der Waals surface area (Å²) < 4.78 is 51.4. The van der Waals surface area contributed by atoms with E-state index >= 15 is 0 Å². The molecule has 6 rings (SSSR count). The van der Waals surface area contributed by atoms with Crippen molar-refractivity contribution < 1.29 is 37.9 Å². The molecule has 2 aliphatic heterocycles. The lowest BCUT2D eigenvalue weighted by atomic mass is 9.97. The SMILES string of the molecule is CO[C@H]1O[C@H](COC2CC[C@@H](OCc3ccccc3)[C@H](C)O2)[C@@H](OCc2ccccc2)[C@H](OCc2ccccc2)[C@H]1OCc1ccccc1. The molecule has 8 nitrogen and oxygen atoms in total. The van der Waals surface area contributed by atoms with Gasteiger partial charge >= 0.3 is 0 Å². The standard InChI is InChI=1S/C41H48O8/c1-30-35(43-25-31-15-7-3-8-16-31)23-24-37(48-30)44-29-36-38(45-26-32-17-9-4-10-18-32)39(46-27-33-19-11-5-12-20-33)40(41(42-2)49-36)47-28-34-21-13-6-14-22-34/h3-22,30,35-41H,23-29H2,1-2H3/t30-,35+,36+,37?,38+,39-,40+,41-/m0/s1. The van der Waals surface area contributed by atoms with Crippen molar-refractivity contribution in [1.82, 2.24) is 0 Å². The number of benzene rings is 4. The molecule has 2 aliphatic rings. The fourth-order valence-corrected chi connectivity index (χ4v) is 6.32. The van der Waals surface area contributed by atoms with Crippen LogP contribution < -0.4 is 0 Å². The smallest absolute Gasteiger partial charge is 0.186 e. The van der Waals surface area contributed by atoms with Gasteiger partial charge in [-0.3, -0.25) is 0 Å². The van der Waals surface area contributed by atoms with Crippen molar-refractivity contribution in [3.05, 3.63) is 144 Å². The lowest BCUT2D eigenvalue weighted by molar-refractivity contribution is -0.330. The van der Waals surface area contributed by atoms with Gasteiger partial charge in [0.05, 0.1) is 45.2 Å². The van der Waals surface area contributed by atoms with Gasteiger partial charge in [0.25, 0.3) is 0 Å². The summed E-state index contributed by atoms with van der Waals surface area (Å²) in [5.74, 6) is 0. The van der Waals surface area contributed by atoms with E-state index in [1.807, 2.05) is 116 Å². The van der Waals surface area contributed by atoms with E-state index in [0.29, 0.717) is 32.8 Å². The predicted molar refractivity (Wildman–Crippen MR) is 185 cm³/mol. The lowest BCUT2D eigenvalue weighted by Crippen LogP contribution is -2.61. The third-order valence-corrected chi connectivity index (χ3v) is 9.01. The van der Waals surface area contributed by atoms with E-state index in [-0.39, 0.29) is 18.8 Å². The Labute approximate surface area is 290 Å². The minimum atomic E-state index is -0.711. The molecule has 0 aromatic heterocycles. The first-order chi connectivity index (χ1) is 24.2. The van der Waals surface area contributed by atoms with E-state index in [2.05, 4.69) is 12.1 Å². The summed E-state index contributed by atoms with van der Waals surface area (Å²) in [5.41, 5.74) is 4.28. The lowest BCUT2D eigenvalue weighted by Gasteiger charge is -2.46. The first-order valence-electron chi connectivity index (χ1n) is 17.2. The van der Waals surface area contributed by atoms with Crippen LogP contribution in [0, 0.1) is 0 Å². The number of rotatable bonds is 16. The Morgan fingerprint density at radius 2 is 0.959 bits per heavy atom. The number of hydrogen-bond acceptors (Lipinski definition) is 8. The van der Waals surface area contributed by atoms with E-state index < -0.39 is 37.0 Å². The maximum absolute atomic E-state index is 6.71. The first-order valence-corrected chi connectivity index (χ1v) is 17.2. The highest BCUT2D eigenvalue weighted by atomic mass is 16.7. The van der Waals surface area contributed by atoms with E-state index in [0.717, 1.165) is 28.7 Å². The molecule has 0 N–H and O–H groups in total. The van der Waals surface area contributed by atoms with Crippen molar-refractivity contribution in [3.8, 4) is 0 Å². The van der Waals surface area contributed by atoms with Gasteiger partial charge in [-0.05, 0) is 35.6 Å². The van der Waals surface area contributed by atoms with E-state index in [1.54, 1.807) is 7.11 Å². The van der Waals surface area contributed by atoms with Crippen molar-refractivity contribution in [1.29, 1.82) is 0 Å². The predicted octanol–water partition coefficient (Wildman–Crippen LogP) is 7.24.